The average Bonchev–Trinajstić information content (AvgIpc) is 3.01. The zero-order chi connectivity index (χ0) is 21.1. The van der Waals surface area contributed by atoms with E-state index in [0.717, 1.165) is 16.8 Å². The van der Waals surface area contributed by atoms with Gasteiger partial charge in [-0.15, -0.1) is 0 Å². The first-order chi connectivity index (χ1) is 14.5. The van der Waals surface area contributed by atoms with Crippen LogP contribution in [-0.4, -0.2) is 44.7 Å². The molecule has 7 nitrogen and oxygen atoms in total. The number of nitrogens with zero attached hydrogens (tertiary/aromatic N) is 3. The van der Waals surface area contributed by atoms with Crippen LogP contribution in [0.2, 0.25) is 0 Å². The standard InChI is InChI=1S/C21H16N4O3S2/c1-28-15-5-2-13(3-6-15)10-18-20(27)25(21(29)30-18)12-19(26)24-14-4-7-16-17(11-14)23-9-8-22-16/h2-11H,12H2,1H3,(H,24,26)/b18-10-. The van der Waals surface area contributed by atoms with E-state index in [2.05, 4.69) is 15.3 Å². The lowest BCUT2D eigenvalue weighted by atomic mass is 10.2. The fourth-order valence-corrected chi connectivity index (χ4v) is 4.13. The number of aromatic nitrogens is 2. The Morgan fingerprint density at radius 3 is 2.63 bits per heavy atom. The van der Waals surface area contributed by atoms with Crippen molar-refractivity contribution in [3.05, 3.63) is 65.3 Å². The first-order valence-electron chi connectivity index (χ1n) is 8.93. The minimum absolute atomic E-state index is 0.164. The number of hydrogen-bond donors (Lipinski definition) is 1. The molecule has 4 rings (SSSR count). The largest absolute Gasteiger partial charge is 0.497 e. The van der Waals surface area contributed by atoms with Crippen molar-refractivity contribution in [2.75, 3.05) is 19.0 Å². The van der Waals surface area contributed by atoms with Crippen molar-refractivity contribution in [2.45, 2.75) is 0 Å². The molecule has 0 saturated carbocycles. The monoisotopic (exact) mass is 436 g/mol. The van der Waals surface area contributed by atoms with Gasteiger partial charge in [-0.1, -0.05) is 36.1 Å². The number of anilines is 1. The molecule has 0 aliphatic carbocycles. The molecular formula is C21H16N4O3S2. The van der Waals surface area contributed by atoms with Gasteiger partial charge in [0.1, 0.15) is 16.6 Å². The van der Waals surface area contributed by atoms with Gasteiger partial charge in [0.25, 0.3) is 5.91 Å². The Hall–Kier alpha value is -3.30. The number of carbonyl (C=O) groups is 2. The van der Waals surface area contributed by atoms with Crippen LogP contribution < -0.4 is 10.1 Å². The molecule has 9 heteroatoms. The molecule has 2 amide bonds. The van der Waals surface area contributed by atoms with E-state index in [1.165, 1.54) is 16.7 Å². The van der Waals surface area contributed by atoms with Crippen LogP contribution in [0.3, 0.4) is 0 Å². The van der Waals surface area contributed by atoms with Gasteiger partial charge in [-0.3, -0.25) is 24.5 Å². The molecule has 0 spiro atoms. The molecule has 0 bridgehead atoms. The van der Waals surface area contributed by atoms with E-state index in [9.17, 15) is 9.59 Å². The Kier molecular flexibility index (Phi) is 5.73. The smallest absolute Gasteiger partial charge is 0.266 e. The van der Waals surface area contributed by atoms with Crippen LogP contribution >= 0.6 is 24.0 Å². The Bertz CT molecular complexity index is 1180. The molecule has 1 N–H and O–H groups in total. The number of nitrogens with one attached hydrogen (secondary N) is 1. The van der Waals surface area contributed by atoms with Crippen LogP contribution in [0.5, 0.6) is 5.75 Å². The molecular weight excluding hydrogens is 420 g/mol. The number of methoxy groups -OCH3 is 1. The molecule has 2 aromatic carbocycles. The second-order valence-electron chi connectivity index (χ2n) is 6.35. The Balaban J connectivity index is 1.44. The Labute approximate surface area is 182 Å². The fraction of sp³-hybridized carbons (Fsp3) is 0.0952. The van der Waals surface area contributed by atoms with Gasteiger partial charge < -0.3 is 10.1 Å². The van der Waals surface area contributed by atoms with Crippen LogP contribution in [0.1, 0.15) is 5.56 Å². The van der Waals surface area contributed by atoms with Gasteiger partial charge >= 0.3 is 0 Å². The van der Waals surface area contributed by atoms with Gasteiger partial charge in [0.15, 0.2) is 0 Å². The quantitative estimate of drug-likeness (QED) is 0.484. The first kappa shape index (κ1) is 20.0. The summed E-state index contributed by atoms with van der Waals surface area (Å²) in [7, 11) is 1.59. The maximum Gasteiger partial charge on any atom is 0.266 e. The van der Waals surface area contributed by atoms with Crippen molar-refractivity contribution in [1.82, 2.24) is 14.9 Å². The number of thioether (sulfide) groups is 1. The molecule has 1 fully saturated rings. The van der Waals surface area contributed by atoms with Crippen LogP contribution in [0.4, 0.5) is 5.69 Å². The van der Waals surface area contributed by atoms with Crippen LogP contribution in [-0.2, 0) is 9.59 Å². The number of carbonyl (C=O) groups excluding carboxylic acids is 2. The molecule has 0 unspecified atom stereocenters. The Morgan fingerprint density at radius 2 is 1.90 bits per heavy atom. The number of ether oxygens (including phenoxy) is 1. The van der Waals surface area contributed by atoms with Crippen molar-refractivity contribution < 1.29 is 14.3 Å². The molecule has 1 saturated heterocycles. The van der Waals surface area contributed by atoms with Gasteiger partial charge in [0.2, 0.25) is 5.91 Å². The maximum atomic E-state index is 12.7. The van der Waals surface area contributed by atoms with Gasteiger partial charge in [0, 0.05) is 18.1 Å². The van der Waals surface area contributed by atoms with Crippen molar-refractivity contribution in [1.29, 1.82) is 0 Å². The predicted molar refractivity (Wildman–Crippen MR) is 121 cm³/mol. The lowest BCUT2D eigenvalue weighted by Gasteiger charge is -2.14. The third-order valence-corrected chi connectivity index (χ3v) is 5.72. The third-order valence-electron chi connectivity index (χ3n) is 4.34. The van der Waals surface area contributed by atoms with Crippen LogP contribution in [0, 0.1) is 0 Å². The van der Waals surface area contributed by atoms with E-state index in [0.29, 0.717) is 20.4 Å². The van der Waals surface area contributed by atoms with Gasteiger partial charge in [-0.05, 0) is 42.0 Å². The van der Waals surface area contributed by atoms with E-state index in [-0.39, 0.29) is 18.4 Å². The summed E-state index contributed by atoms with van der Waals surface area (Å²) in [4.78, 5) is 35.4. The lowest BCUT2D eigenvalue weighted by Crippen LogP contribution is -2.36. The topological polar surface area (TPSA) is 84.4 Å². The fourth-order valence-electron chi connectivity index (χ4n) is 2.87. The molecule has 1 aromatic heterocycles. The van der Waals surface area contributed by atoms with E-state index in [1.807, 2.05) is 24.3 Å². The minimum Gasteiger partial charge on any atom is -0.497 e. The molecule has 30 heavy (non-hydrogen) atoms. The summed E-state index contributed by atoms with van der Waals surface area (Å²) in [6.45, 7) is -0.164. The van der Waals surface area contributed by atoms with E-state index < -0.39 is 0 Å². The predicted octanol–water partition coefficient (Wildman–Crippen LogP) is 3.48. The highest BCUT2D eigenvalue weighted by Gasteiger charge is 2.33. The summed E-state index contributed by atoms with van der Waals surface area (Å²) < 4.78 is 5.48. The minimum atomic E-state index is -0.347. The van der Waals surface area contributed by atoms with Crippen molar-refractivity contribution >= 4 is 62.9 Å². The van der Waals surface area contributed by atoms with Gasteiger partial charge in [0.05, 0.1) is 23.0 Å². The second kappa shape index (κ2) is 8.60. The highest BCUT2D eigenvalue weighted by atomic mass is 32.2. The molecule has 0 radical (unpaired) electrons. The molecule has 150 valence electrons. The number of benzene rings is 2. The molecule has 3 aromatic rings. The highest BCUT2D eigenvalue weighted by Crippen LogP contribution is 2.32. The van der Waals surface area contributed by atoms with Crippen molar-refractivity contribution in [3.8, 4) is 5.75 Å². The van der Waals surface area contributed by atoms with Gasteiger partial charge in [-0.2, -0.15) is 0 Å². The molecule has 1 aliphatic rings. The number of thiocarbonyl (C=S) groups is 1. The molecule has 1 aliphatic heterocycles. The zero-order valence-electron chi connectivity index (χ0n) is 15.9. The first-order valence-corrected chi connectivity index (χ1v) is 10.2. The SMILES string of the molecule is COc1ccc(/C=C2\SC(=S)N(CC(=O)Nc3ccc4nccnc4c3)C2=O)cc1. The summed E-state index contributed by atoms with van der Waals surface area (Å²) in [5, 5.41) is 2.78. The number of fused-ring (bicyclic) bond motifs is 1. The summed E-state index contributed by atoms with van der Waals surface area (Å²) in [5.41, 5.74) is 2.82. The summed E-state index contributed by atoms with van der Waals surface area (Å²) >= 11 is 6.48. The molecule has 0 atom stereocenters. The summed E-state index contributed by atoms with van der Waals surface area (Å²) in [5.74, 6) is 0.0941. The van der Waals surface area contributed by atoms with Crippen molar-refractivity contribution in [2.24, 2.45) is 0 Å². The van der Waals surface area contributed by atoms with Crippen molar-refractivity contribution in [3.63, 3.8) is 0 Å². The number of amides is 2. The zero-order valence-corrected chi connectivity index (χ0v) is 17.5. The van der Waals surface area contributed by atoms with E-state index >= 15 is 0 Å². The van der Waals surface area contributed by atoms with E-state index in [1.54, 1.807) is 43.8 Å². The average molecular weight is 437 g/mol. The lowest BCUT2D eigenvalue weighted by molar-refractivity contribution is -0.126. The highest BCUT2D eigenvalue weighted by molar-refractivity contribution is 8.26. The van der Waals surface area contributed by atoms with E-state index in [4.69, 9.17) is 17.0 Å². The second-order valence-corrected chi connectivity index (χ2v) is 8.02. The third kappa shape index (κ3) is 4.32. The summed E-state index contributed by atoms with van der Waals surface area (Å²) in [6.07, 6.45) is 4.94. The normalized spacial score (nSPS) is 15.1. The summed E-state index contributed by atoms with van der Waals surface area (Å²) in [6, 6.07) is 12.6. The number of rotatable bonds is 5. The maximum absolute atomic E-state index is 12.7. The van der Waals surface area contributed by atoms with Crippen LogP contribution in [0.25, 0.3) is 17.1 Å². The Morgan fingerprint density at radius 1 is 1.17 bits per heavy atom. The van der Waals surface area contributed by atoms with Crippen LogP contribution in [0.15, 0.2) is 59.8 Å². The molecule has 2 heterocycles. The number of hydrogen-bond acceptors (Lipinski definition) is 7. The van der Waals surface area contributed by atoms with Gasteiger partial charge in [-0.25, -0.2) is 0 Å².